The summed E-state index contributed by atoms with van der Waals surface area (Å²) >= 11 is 5.94. The van der Waals surface area contributed by atoms with Gasteiger partial charge in [0, 0.05) is 13.0 Å². The van der Waals surface area contributed by atoms with E-state index in [0.717, 1.165) is 11.3 Å². The van der Waals surface area contributed by atoms with Crippen molar-refractivity contribution >= 4 is 27.5 Å². The van der Waals surface area contributed by atoms with Crippen molar-refractivity contribution in [3.63, 3.8) is 0 Å². The number of rotatable bonds is 9. The Morgan fingerprint density at radius 3 is 2.32 bits per heavy atom. The molecule has 0 aromatic heterocycles. The Balaban J connectivity index is 1.95. The fraction of sp³-hybridized carbons (Fsp3) is 0.350. The maximum atomic E-state index is 12.3. The summed E-state index contributed by atoms with van der Waals surface area (Å²) in [5.41, 5.74) is 0.959. The number of ether oxygens (including phenoxy) is 1. The molecule has 8 heteroatoms. The first-order chi connectivity index (χ1) is 13.2. The molecule has 0 aliphatic heterocycles. The fourth-order valence-corrected chi connectivity index (χ4v) is 4.28. The van der Waals surface area contributed by atoms with Crippen molar-refractivity contribution in [2.24, 2.45) is 5.92 Å². The van der Waals surface area contributed by atoms with Gasteiger partial charge in [0.25, 0.3) is 0 Å². The second-order valence-electron chi connectivity index (χ2n) is 6.64. The van der Waals surface area contributed by atoms with Crippen LogP contribution in [-0.4, -0.2) is 28.0 Å². The molecule has 6 nitrogen and oxygen atoms in total. The van der Waals surface area contributed by atoms with Crippen LogP contribution in [0.15, 0.2) is 53.4 Å². The van der Waals surface area contributed by atoms with Crippen molar-refractivity contribution in [2.75, 3.05) is 13.7 Å². The molecule has 0 spiro atoms. The second-order valence-corrected chi connectivity index (χ2v) is 8.78. The third-order valence-corrected chi connectivity index (χ3v) is 6.19. The van der Waals surface area contributed by atoms with Crippen LogP contribution in [0.4, 0.5) is 0 Å². The highest BCUT2D eigenvalue weighted by Gasteiger charge is 2.20. The third kappa shape index (κ3) is 5.95. The highest BCUT2D eigenvalue weighted by Crippen LogP contribution is 2.24. The molecule has 28 heavy (non-hydrogen) atoms. The van der Waals surface area contributed by atoms with Crippen molar-refractivity contribution in [1.29, 1.82) is 0 Å². The van der Waals surface area contributed by atoms with Crippen molar-refractivity contribution in [3.8, 4) is 5.75 Å². The summed E-state index contributed by atoms with van der Waals surface area (Å²) in [7, 11) is -2.17. The smallest absolute Gasteiger partial charge is 0.242 e. The number of nitrogens with one attached hydrogen (secondary N) is 2. The number of methoxy groups -OCH3 is 1. The molecule has 0 saturated carbocycles. The number of benzene rings is 2. The van der Waals surface area contributed by atoms with Crippen LogP contribution in [0.5, 0.6) is 5.75 Å². The highest BCUT2D eigenvalue weighted by atomic mass is 35.5. The Kier molecular flexibility index (Phi) is 7.86. The lowest BCUT2D eigenvalue weighted by Crippen LogP contribution is -2.34. The van der Waals surface area contributed by atoms with Crippen LogP contribution >= 0.6 is 11.6 Å². The Morgan fingerprint density at radius 2 is 1.75 bits per heavy atom. The van der Waals surface area contributed by atoms with Gasteiger partial charge < -0.3 is 10.1 Å². The van der Waals surface area contributed by atoms with Crippen molar-refractivity contribution in [2.45, 2.75) is 31.2 Å². The molecule has 0 radical (unpaired) electrons. The molecule has 0 fully saturated rings. The number of sulfonamides is 1. The van der Waals surface area contributed by atoms with Gasteiger partial charge in [-0.3, -0.25) is 4.79 Å². The number of amides is 1. The number of carbonyl (C=O) groups is 1. The minimum atomic E-state index is -3.77. The van der Waals surface area contributed by atoms with Gasteiger partial charge in [0.15, 0.2) is 0 Å². The lowest BCUT2D eigenvalue weighted by atomic mass is 9.96. The summed E-state index contributed by atoms with van der Waals surface area (Å²) in [5, 5.41) is 3.10. The van der Waals surface area contributed by atoms with E-state index in [1.807, 2.05) is 38.1 Å². The number of hydrogen-bond donors (Lipinski definition) is 2. The van der Waals surface area contributed by atoms with E-state index in [-0.39, 0.29) is 40.8 Å². The van der Waals surface area contributed by atoms with Gasteiger partial charge in [0.05, 0.1) is 18.2 Å². The van der Waals surface area contributed by atoms with Gasteiger partial charge in [-0.2, -0.15) is 0 Å². The largest absolute Gasteiger partial charge is 0.497 e. The fourth-order valence-electron chi connectivity index (χ4n) is 2.73. The Bertz CT molecular complexity index is 899. The van der Waals surface area contributed by atoms with E-state index in [1.54, 1.807) is 19.2 Å². The molecule has 0 heterocycles. The molecule has 0 aliphatic carbocycles. The average Bonchev–Trinajstić information content (AvgIpc) is 2.66. The molecule has 152 valence electrons. The molecule has 2 N–H and O–H groups in total. The molecule has 1 unspecified atom stereocenters. The van der Waals surface area contributed by atoms with Gasteiger partial charge in [-0.15, -0.1) is 0 Å². The van der Waals surface area contributed by atoms with Crippen LogP contribution in [0.3, 0.4) is 0 Å². The molecule has 2 aromatic carbocycles. The van der Waals surface area contributed by atoms with Crippen LogP contribution in [0.25, 0.3) is 0 Å². The quantitative estimate of drug-likeness (QED) is 0.644. The first kappa shape index (κ1) is 22.2. The molecular formula is C20H25ClN2O4S. The zero-order chi connectivity index (χ0) is 20.7. The monoisotopic (exact) mass is 424 g/mol. The lowest BCUT2D eigenvalue weighted by molar-refractivity contribution is -0.122. The SMILES string of the molecule is COc1ccc(C(NC(=O)CCNS(=O)(=O)c2ccccc2Cl)C(C)C)cc1. The van der Waals surface area contributed by atoms with Gasteiger partial charge in [0.1, 0.15) is 10.6 Å². The minimum absolute atomic E-state index is 0.00429. The minimum Gasteiger partial charge on any atom is -0.497 e. The van der Waals surface area contributed by atoms with E-state index >= 15 is 0 Å². The van der Waals surface area contributed by atoms with Crippen LogP contribution in [0, 0.1) is 5.92 Å². The number of hydrogen-bond acceptors (Lipinski definition) is 4. The van der Waals surface area contributed by atoms with Crippen molar-refractivity contribution < 1.29 is 17.9 Å². The summed E-state index contributed by atoms with van der Waals surface area (Å²) in [6, 6.07) is 13.5. The maximum Gasteiger partial charge on any atom is 0.242 e. The second kappa shape index (κ2) is 9.91. The summed E-state index contributed by atoms with van der Waals surface area (Å²) in [6.45, 7) is 4.00. The highest BCUT2D eigenvalue weighted by molar-refractivity contribution is 7.89. The van der Waals surface area contributed by atoms with E-state index < -0.39 is 10.0 Å². The van der Waals surface area contributed by atoms with E-state index in [1.165, 1.54) is 12.1 Å². The average molecular weight is 425 g/mol. The Labute approximate surface area is 171 Å². The predicted molar refractivity (Wildman–Crippen MR) is 110 cm³/mol. The van der Waals surface area contributed by atoms with Crippen molar-refractivity contribution in [3.05, 3.63) is 59.1 Å². The summed E-state index contributed by atoms with van der Waals surface area (Å²) in [4.78, 5) is 12.3. The normalized spacial score (nSPS) is 12.6. The van der Waals surface area contributed by atoms with Gasteiger partial charge in [0.2, 0.25) is 15.9 Å². The summed E-state index contributed by atoms with van der Waals surface area (Å²) in [6.07, 6.45) is 0.0169. The third-order valence-electron chi connectivity index (χ3n) is 4.23. The Hall–Kier alpha value is -2.09. The van der Waals surface area contributed by atoms with Gasteiger partial charge in [-0.1, -0.05) is 49.7 Å². The van der Waals surface area contributed by atoms with E-state index in [0.29, 0.717) is 0 Å². The van der Waals surface area contributed by atoms with Gasteiger partial charge in [-0.25, -0.2) is 13.1 Å². The van der Waals surface area contributed by atoms with E-state index in [9.17, 15) is 13.2 Å². The molecule has 0 saturated heterocycles. The van der Waals surface area contributed by atoms with Crippen LogP contribution in [0.2, 0.25) is 5.02 Å². The van der Waals surface area contributed by atoms with Crippen molar-refractivity contribution in [1.82, 2.24) is 10.0 Å². The first-order valence-electron chi connectivity index (χ1n) is 8.92. The summed E-state index contributed by atoms with van der Waals surface area (Å²) < 4.78 is 32.2. The number of carbonyl (C=O) groups excluding carboxylic acids is 1. The zero-order valence-electron chi connectivity index (χ0n) is 16.1. The number of halogens is 1. The standard InChI is InChI=1S/C20H25ClN2O4S/c1-14(2)20(15-8-10-16(27-3)11-9-15)23-19(24)12-13-22-28(25,26)18-7-5-4-6-17(18)21/h4-11,14,20,22H,12-13H2,1-3H3,(H,23,24). The molecule has 0 aliphatic rings. The lowest BCUT2D eigenvalue weighted by Gasteiger charge is -2.23. The van der Waals surface area contributed by atoms with Crippen LogP contribution in [-0.2, 0) is 14.8 Å². The summed E-state index contributed by atoms with van der Waals surface area (Å²) in [5.74, 6) is 0.667. The molecule has 1 atom stereocenters. The Morgan fingerprint density at radius 1 is 1.11 bits per heavy atom. The van der Waals surface area contributed by atoms with Gasteiger partial charge in [-0.05, 0) is 35.7 Å². The molecular weight excluding hydrogens is 400 g/mol. The molecule has 0 bridgehead atoms. The molecule has 2 rings (SSSR count). The maximum absolute atomic E-state index is 12.3. The molecule has 1 amide bonds. The van der Waals surface area contributed by atoms with Crippen LogP contribution in [0.1, 0.15) is 31.9 Å². The molecule has 2 aromatic rings. The topological polar surface area (TPSA) is 84.5 Å². The van der Waals surface area contributed by atoms with E-state index in [2.05, 4.69) is 10.0 Å². The van der Waals surface area contributed by atoms with Crippen LogP contribution < -0.4 is 14.8 Å². The van der Waals surface area contributed by atoms with E-state index in [4.69, 9.17) is 16.3 Å². The zero-order valence-corrected chi connectivity index (χ0v) is 17.7. The first-order valence-corrected chi connectivity index (χ1v) is 10.8. The van der Waals surface area contributed by atoms with Gasteiger partial charge >= 0.3 is 0 Å². The predicted octanol–water partition coefficient (Wildman–Crippen LogP) is 3.53.